The minimum atomic E-state index is -0.172. The Morgan fingerprint density at radius 1 is 1.00 bits per heavy atom. The highest BCUT2D eigenvalue weighted by molar-refractivity contribution is 6.06. The van der Waals surface area contributed by atoms with Crippen LogP contribution >= 0.6 is 0 Å². The van der Waals surface area contributed by atoms with E-state index >= 15 is 0 Å². The van der Waals surface area contributed by atoms with Gasteiger partial charge in [0.05, 0.1) is 5.56 Å². The Hall–Kier alpha value is -2.86. The van der Waals surface area contributed by atoms with Crippen molar-refractivity contribution < 1.29 is 14.3 Å². The molecule has 0 aromatic heterocycles. The van der Waals surface area contributed by atoms with Crippen LogP contribution in [0.4, 0.5) is 11.4 Å². The monoisotopic (exact) mass is 479 g/mol. The van der Waals surface area contributed by atoms with E-state index in [-0.39, 0.29) is 11.8 Å². The summed E-state index contributed by atoms with van der Waals surface area (Å²) in [7, 11) is 0. The van der Waals surface area contributed by atoms with Crippen molar-refractivity contribution in [2.75, 3.05) is 43.1 Å². The van der Waals surface area contributed by atoms with Crippen LogP contribution in [0, 0.1) is 5.92 Å². The van der Waals surface area contributed by atoms with Gasteiger partial charge in [-0.15, -0.1) is 0 Å². The van der Waals surface area contributed by atoms with E-state index in [1.165, 1.54) is 5.56 Å². The lowest BCUT2D eigenvalue weighted by Gasteiger charge is -2.33. The number of amides is 2. The summed E-state index contributed by atoms with van der Waals surface area (Å²) in [5.41, 5.74) is 4.01. The number of ether oxygens (including phenoxy) is 1. The van der Waals surface area contributed by atoms with Gasteiger partial charge in [0.2, 0.25) is 0 Å². The van der Waals surface area contributed by atoms with E-state index in [4.69, 9.17) is 4.74 Å². The van der Waals surface area contributed by atoms with Crippen LogP contribution in [0.1, 0.15) is 79.2 Å². The predicted molar refractivity (Wildman–Crippen MR) is 144 cm³/mol. The fraction of sp³-hybridized carbons (Fsp3) is 0.517. The molecule has 1 saturated heterocycles. The molecule has 2 aromatic rings. The number of nitrogens with zero attached hydrogens (tertiary/aromatic N) is 1. The molecular formula is C29H41N3O3. The first-order valence-electron chi connectivity index (χ1n) is 13.2. The number of nitrogens with one attached hydrogen (secondary N) is 2. The summed E-state index contributed by atoms with van der Waals surface area (Å²) in [6.45, 7) is 10.1. The van der Waals surface area contributed by atoms with Crippen molar-refractivity contribution >= 4 is 23.2 Å². The van der Waals surface area contributed by atoms with Crippen LogP contribution in [0.2, 0.25) is 0 Å². The quantitative estimate of drug-likeness (QED) is 0.385. The lowest BCUT2D eigenvalue weighted by Crippen LogP contribution is -2.35. The standard InChI is InChI=1S/C29H41N3O3/c1-4-6-8-23-9-11-24(12-10-23)28(33)31-25-13-14-27(32-18-15-22(3)16-19-32)26(21-25)29(34)30-17-7-20-35-5-2/h9-14,21-22H,4-8,15-20H2,1-3H3,(H,30,34)(H,31,33). The number of unbranched alkanes of at least 4 members (excludes halogenated alkanes) is 1. The third-order valence-corrected chi connectivity index (χ3v) is 6.61. The first-order chi connectivity index (χ1) is 17.0. The van der Waals surface area contributed by atoms with Gasteiger partial charge in [-0.2, -0.15) is 0 Å². The lowest BCUT2D eigenvalue weighted by atomic mass is 9.97. The molecule has 0 saturated carbocycles. The zero-order valence-corrected chi connectivity index (χ0v) is 21.6. The Morgan fingerprint density at radius 3 is 2.43 bits per heavy atom. The van der Waals surface area contributed by atoms with Crippen molar-refractivity contribution in [1.82, 2.24) is 5.32 Å². The third kappa shape index (κ3) is 8.10. The summed E-state index contributed by atoms with van der Waals surface area (Å²) in [6, 6.07) is 13.4. The molecule has 0 unspecified atom stereocenters. The van der Waals surface area contributed by atoms with Gasteiger partial charge in [-0.1, -0.05) is 32.4 Å². The highest BCUT2D eigenvalue weighted by Crippen LogP contribution is 2.29. The lowest BCUT2D eigenvalue weighted by molar-refractivity contribution is 0.0943. The summed E-state index contributed by atoms with van der Waals surface area (Å²) in [4.78, 5) is 28.3. The van der Waals surface area contributed by atoms with Crippen LogP contribution in [0.25, 0.3) is 0 Å². The number of carbonyl (C=O) groups is 2. The number of anilines is 2. The van der Waals surface area contributed by atoms with Gasteiger partial charge in [0, 0.05) is 49.8 Å². The van der Waals surface area contributed by atoms with E-state index in [9.17, 15) is 9.59 Å². The average molecular weight is 480 g/mol. The summed E-state index contributed by atoms with van der Waals surface area (Å²) in [6.07, 6.45) is 6.31. The van der Waals surface area contributed by atoms with Gasteiger partial charge in [0.1, 0.15) is 0 Å². The van der Waals surface area contributed by atoms with Crippen molar-refractivity contribution in [3.63, 3.8) is 0 Å². The van der Waals surface area contributed by atoms with Crippen LogP contribution in [0.5, 0.6) is 0 Å². The second kappa shape index (κ2) is 13.9. The molecule has 1 aliphatic heterocycles. The number of hydrogen-bond donors (Lipinski definition) is 2. The van der Waals surface area contributed by atoms with Crippen LogP contribution in [0.15, 0.2) is 42.5 Å². The van der Waals surface area contributed by atoms with Gasteiger partial charge in [-0.25, -0.2) is 0 Å². The summed E-state index contributed by atoms with van der Waals surface area (Å²) >= 11 is 0. The maximum atomic E-state index is 13.1. The molecule has 0 spiro atoms. The molecule has 6 heteroatoms. The third-order valence-electron chi connectivity index (χ3n) is 6.61. The highest BCUT2D eigenvalue weighted by atomic mass is 16.5. The average Bonchev–Trinajstić information content (AvgIpc) is 2.88. The molecule has 1 heterocycles. The molecule has 190 valence electrons. The highest BCUT2D eigenvalue weighted by Gasteiger charge is 2.22. The number of piperidine rings is 1. The largest absolute Gasteiger partial charge is 0.382 e. The van der Waals surface area contributed by atoms with E-state index in [1.54, 1.807) is 6.07 Å². The van der Waals surface area contributed by atoms with Crippen LogP contribution in [-0.2, 0) is 11.2 Å². The minimum absolute atomic E-state index is 0.119. The molecule has 1 aliphatic rings. The molecule has 1 fully saturated rings. The normalized spacial score (nSPS) is 14.1. The Bertz CT molecular complexity index is 950. The smallest absolute Gasteiger partial charge is 0.255 e. The Labute approximate surface area is 210 Å². The maximum absolute atomic E-state index is 13.1. The second-order valence-corrected chi connectivity index (χ2v) is 9.46. The Morgan fingerprint density at radius 2 is 1.74 bits per heavy atom. The van der Waals surface area contributed by atoms with Crippen LogP contribution in [-0.4, -0.2) is 44.7 Å². The van der Waals surface area contributed by atoms with Gasteiger partial charge < -0.3 is 20.3 Å². The summed E-state index contributed by atoms with van der Waals surface area (Å²) in [5, 5.41) is 6.00. The Kier molecular flexibility index (Phi) is 10.6. The van der Waals surface area contributed by atoms with Crippen molar-refractivity contribution in [3.05, 3.63) is 59.2 Å². The van der Waals surface area contributed by atoms with Gasteiger partial charge in [-0.05, 0) is 80.8 Å². The zero-order valence-electron chi connectivity index (χ0n) is 21.6. The molecule has 0 atom stereocenters. The van der Waals surface area contributed by atoms with Gasteiger partial charge in [0.15, 0.2) is 0 Å². The number of rotatable bonds is 12. The Balaban J connectivity index is 1.73. The summed E-state index contributed by atoms with van der Waals surface area (Å²) < 4.78 is 5.37. The van der Waals surface area contributed by atoms with Crippen molar-refractivity contribution in [2.24, 2.45) is 5.92 Å². The van der Waals surface area contributed by atoms with Crippen molar-refractivity contribution in [1.29, 1.82) is 0 Å². The molecule has 3 rings (SSSR count). The van der Waals surface area contributed by atoms with E-state index in [2.05, 4.69) is 29.4 Å². The molecule has 2 aromatic carbocycles. The topological polar surface area (TPSA) is 70.7 Å². The first kappa shape index (κ1) is 26.7. The van der Waals surface area contributed by atoms with E-state index in [0.717, 1.165) is 57.3 Å². The molecule has 0 aliphatic carbocycles. The molecule has 0 radical (unpaired) electrons. The molecule has 35 heavy (non-hydrogen) atoms. The van der Waals surface area contributed by atoms with Crippen molar-refractivity contribution in [2.45, 2.75) is 59.3 Å². The zero-order chi connectivity index (χ0) is 25.0. The fourth-order valence-electron chi connectivity index (χ4n) is 4.34. The van der Waals surface area contributed by atoms with Crippen molar-refractivity contribution in [3.8, 4) is 0 Å². The van der Waals surface area contributed by atoms with E-state index < -0.39 is 0 Å². The predicted octanol–water partition coefficient (Wildman–Crippen LogP) is 5.67. The minimum Gasteiger partial charge on any atom is -0.382 e. The number of hydrogen-bond acceptors (Lipinski definition) is 4. The van der Waals surface area contributed by atoms with E-state index in [1.807, 2.05) is 43.3 Å². The van der Waals surface area contributed by atoms with E-state index in [0.29, 0.717) is 42.5 Å². The second-order valence-electron chi connectivity index (χ2n) is 9.46. The number of aryl methyl sites for hydroxylation is 1. The van der Waals surface area contributed by atoms with Gasteiger partial charge in [0.25, 0.3) is 11.8 Å². The fourth-order valence-corrected chi connectivity index (χ4v) is 4.34. The number of benzene rings is 2. The molecule has 2 amide bonds. The number of carbonyl (C=O) groups excluding carboxylic acids is 2. The molecule has 2 N–H and O–H groups in total. The van der Waals surface area contributed by atoms with Gasteiger partial charge in [-0.3, -0.25) is 9.59 Å². The SMILES string of the molecule is CCCCc1ccc(C(=O)Nc2ccc(N3CCC(C)CC3)c(C(=O)NCCCOCC)c2)cc1. The van der Waals surface area contributed by atoms with Crippen LogP contribution < -0.4 is 15.5 Å². The molecular weight excluding hydrogens is 438 g/mol. The molecule has 0 bridgehead atoms. The summed E-state index contributed by atoms with van der Waals surface area (Å²) in [5.74, 6) is 0.412. The maximum Gasteiger partial charge on any atom is 0.255 e. The van der Waals surface area contributed by atoms with Crippen LogP contribution in [0.3, 0.4) is 0 Å². The molecule has 6 nitrogen and oxygen atoms in total. The van der Waals surface area contributed by atoms with Gasteiger partial charge >= 0.3 is 0 Å². The first-order valence-corrected chi connectivity index (χ1v) is 13.2.